The molecule has 0 amide bonds. The van der Waals surface area contributed by atoms with Crippen molar-refractivity contribution in [3.63, 3.8) is 0 Å². The van der Waals surface area contributed by atoms with Gasteiger partial charge in [0.25, 0.3) is 0 Å². The number of carbonyl (C=O) groups excluding carboxylic acids is 1. The van der Waals surface area contributed by atoms with Crippen LogP contribution in [0.2, 0.25) is 0 Å². The summed E-state index contributed by atoms with van der Waals surface area (Å²) in [7, 11) is 0. The molecule has 0 saturated heterocycles. The molecule has 1 aromatic carbocycles. The lowest BCUT2D eigenvalue weighted by Crippen LogP contribution is -2.23. The van der Waals surface area contributed by atoms with E-state index < -0.39 is 6.23 Å². The van der Waals surface area contributed by atoms with E-state index in [1.165, 1.54) is 24.3 Å². The summed E-state index contributed by atoms with van der Waals surface area (Å²) in [6, 6.07) is 5.66. The summed E-state index contributed by atoms with van der Waals surface area (Å²) in [5, 5.41) is 3.78. The number of benzene rings is 1. The summed E-state index contributed by atoms with van der Waals surface area (Å²) in [6.45, 7) is 0. The molecule has 0 fully saturated rings. The molecule has 1 heterocycles. The van der Waals surface area contributed by atoms with Gasteiger partial charge < -0.3 is 4.74 Å². The van der Waals surface area contributed by atoms with E-state index in [0.717, 1.165) is 0 Å². The first kappa shape index (κ1) is 8.68. The van der Waals surface area contributed by atoms with Crippen molar-refractivity contribution >= 4 is 12.2 Å². The van der Waals surface area contributed by atoms with E-state index in [9.17, 15) is 9.18 Å². The number of halogens is 1. The molecule has 0 aliphatic carbocycles. The number of ether oxygens (including phenoxy) is 1. The van der Waals surface area contributed by atoms with E-state index in [1.807, 2.05) is 0 Å². The Bertz CT molecular complexity index is 375. The van der Waals surface area contributed by atoms with Crippen LogP contribution >= 0.6 is 0 Å². The molecule has 4 nitrogen and oxygen atoms in total. The smallest absolute Gasteiger partial charge is 0.242 e. The Morgan fingerprint density at radius 2 is 2.14 bits per heavy atom. The van der Waals surface area contributed by atoms with Crippen molar-refractivity contribution < 1.29 is 13.9 Å². The lowest BCUT2D eigenvalue weighted by Gasteiger charge is -2.02. The SMILES string of the molecule is O=CC1NN=C(c2ccc(F)cc2)O1. The number of aldehydes is 1. The highest BCUT2D eigenvalue weighted by Crippen LogP contribution is 2.09. The minimum atomic E-state index is -0.741. The summed E-state index contributed by atoms with van der Waals surface area (Å²) in [5.74, 6) is -0.0330. The molecule has 0 bridgehead atoms. The van der Waals surface area contributed by atoms with Crippen LogP contribution in [0.3, 0.4) is 0 Å². The molecule has 1 N–H and O–H groups in total. The molecule has 1 atom stereocenters. The molecule has 0 radical (unpaired) electrons. The van der Waals surface area contributed by atoms with Crippen LogP contribution in [0.4, 0.5) is 4.39 Å². The number of rotatable bonds is 2. The predicted molar refractivity (Wildman–Crippen MR) is 47.0 cm³/mol. The normalized spacial score (nSPS) is 19.5. The lowest BCUT2D eigenvalue weighted by molar-refractivity contribution is -0.114. The Balaban J connectivity index is 2.17. The van der Waals surface area contributed by atoms with E-state index in [-0.39, 0.29) is 5.82 Å². The average molecular weight is 194 g/mol. The van der Waals surface area contributed by atoms with Crippen LogP contribution in [-0.4, -0.2) is 18.4 Å². The topological polar surface area (TPSA) is 50.7 Å². The maximum atomic E-state index is 12.6. The molecule has 0 spiro atoms. The van der Waals surface area contributed by atoms with Gasteiger partial charge >= 0.3 is 0 Å². The van der Waals surface area contributed by atoms with E-state index in [4.69, 9.17) is 4.74 Å². The van der Waals surface area contributed by atoms with Crippen LogP contribution in [0.5, 0.6) is 0 Å². The van der Waals surface area contributed by atoms with Gasteiger partial charge in [-0.05, 0) is 24.3 Å². The Labute approximate surface area is 79.4 Å². The molecule has 1 aromatic rings. The van der Waals surface area contributed by atoms with E-state index in [1.54, 1.807) is 0 Å². The molecule has 0 aromatic heterocycles. The minimum absolute atomic E-state index is 0.294. The number of nitrogens with zero attached hydrogens (tertiary/aromatic N) is 1. The highest BCUT2D eigenvalue weighted by molar-refractivity contribution is 5.95. The van der Waals surface area contributed by atoms with Crippen molar-refractivity contribution in [3.05, 3.63) is 35.6 Å². The zero-order valence-corrected chi connectivity index (χ0v) is 7.11. The summed E-state index contributed by atoms with van der Waals surface area (Å²) in [5.41, 5.74) is 3.10. The van der Waals surface area contributed by atoms with Crippen molar-refractivity contribution in [2.45, 2.75) is 6.23 Å². The minimum Gasteiger partial charge on any atom is -0.444 e. The van der Waals surface area contributed by atoms with Crippen molar-refractivity contribution in [3.8, 4) is 0 Å². The van der Waals surface area contributed by atoms with Crippen molar-refractivity contribution in [2.75, 3.05) is 0 Å². The summed E-state index contributed by atoms with van der Waals surface area (Å²) in [4.78, 5) is 10.3. The average Bonchev–Trinajstić information content (AvgIpc) is 2.67. The second kappa shape index (κ2) is 3.45. The third kappa shape index (κ3) is 1.56. The fraction of sp³-hybridized carbons (Fsp3) is 0.111. The number of hydrogen-bond donors (Lipinski definition) is 1. The van der Waals surface area contributed by atoms with Crippen LogP contribution < -0.4 is 5.43 Å². The van der Waals surface area contributed by atoms with E-state index in [0.29, 0.717) is 17.7 Å². The standard InChI is InChI=1S/C9H7FN2O2/c10-7-3-1-6(2-4-7)9-12-11-8(5-13)14-9/h1-5,8,11H. The van der Waals surface area contributed by atoms with Crippen LogP contribution in [0.15, 0.2) is 29.4 Å². The first-order valence-electron chi connectivity index (χ1n) is 4.01. The van der Waals surface area contributed by atoms with E-state index in [2.05, 4.69) is 10.5 Å². The largest absolute Gasteiger partial charge is 0.444 e. The molecule has 0 saturated carbocycles. The lowest BCUT2D eigenvalue weighted by atomic mass is 10.2. The van der Waals surface area contributed by atoms with Crippen LogP contribution in [-0.2, 0) is 9.53 Å². The second-order valence-electron chi connectivity index (χ2n) is 2.73. The molecule has 14 heavy (non-hydrogen) atoms. The maximum absolute atomic E-state index is 12.6. The summed E-state index contributed by atoms with van der Waals surface area (Å²) < 4.78 is 17.6. The van der Waals surface area contributed by atoms with Gasteiger partial charge in [-0.3, -0.25) is 10.2 Å². The summed E-state index contributed by atoms with van der Waals surface area (Å²) in [6.07, 6.45) is -0.143. The molecular formula is C9H7FN2O2. The van der Waals surface area contributed by atoms with Gasteiger partial charge in [-0.1, -0.05) is 0 Å². The van der Waals surface area contributed by atoms with Crippen LogP contribution in [0.25, 0.3) is 0 Å². The molecule has 5 heteroatoms. The van der Waals surface area contributed by atoms with Gasteiger partial charge in [-0.25, -0.2) is 4.39 Å². The predicted octanol–water partition coefficient (Wildman–Crippen LogP) is 0.632. The fourth-order valence-electron chi connectivity index (χ4n) is 1.08. The summed E-state index contributed by atoms with van der Waals surface area (Å²) >= 11 is 0. The highest BCUT2D eigenvalue weighted by atomic mass is 19.1. The van der Waals surface area contributed by atoms with Gasteiger partial charge in [-0.15, -0.1) is 5.10 Å². The van der Waals surface area contributed by atoms with Crippen molar-refractivity contribution in [1.29, 1.82) is 0 Å². The van der Waals surface area contributed by atoms with Gasteiger partial charge in [0.2, 0.25) is 12.1 Å². The van der Waals surface area contributed by atoms with Gasteiger partial charge in [0, 0.05) is 5.56 Å². The first-order chi connectivity index (χ1) is 6.79. The van der Waals surface area contributed by atoms with Gasteiger partial charge in [0.1, 0.15) is 5.82 Å². The molecular weight excluding hydrogens is 187 g/mol. The van der Waals surface area contributed by atoms with Gasteiger partial charge in [0.05, 0.1) is 0 Å². The van der Waals surface area contributed by atoms with Crippen molar-refractivity contribution in [1.82, 2.24) is 5.43 Å². The zero-order valence-electron chi connectivity index (χ0n) is 7.11. The number of hydrazone groups is 1. The van der Waals surface area contributed by atoms with Crippen LogP contribution in [0, 0.1) is 5.82 Å². The van der Waals surface area contributed by atoms with Crippen LogP contribution in [0.1, 0.15) is 5.56 Å². The molecule has 1 aliphatic heterocycles. The Hall–Kier alpha value is -1.91. The van der Waals surface area contributed by atoms with Gasteiger partial charge in [-0.2, -0.15) is 0 Å². The second-order valence-corrected chi connectivity index (χ2v) is 2.73. The monoisotopic (exact) mass is 194 g/mol. The molecule has 1 unspecified atom stereocenters. The van der Waals surface area contributed by atoms with Gasteiger partial charge in [0.15, 0.2) is 6.29 Å². The van der Waals surface area contributed by atoms with E-state index >= 15 is 0 Å². The number of carbonyl (C=O) groups is 1. The molecule has 72 valence electrons. The van der Waals surface area contributed by atoms with Crippen molar-refractivity contribution in [2.24, 2.45) is 5.10 Å². The quantitative estimate of drug-likeness (QED) is 0.702. The maximum Gasteiger partial charge on any atom is 0.242 e. The number of hydrogen-bond acceptors (Lipinski definition) is 4. The molecule has 2 rings (SSSR count). The number of nitrogens with one attached hydrogen (secondary N) is 1. The Morgan fingerprint density at radius 1 is 1.43 bits per heavy atom. The first-order valence-corrected chi connectivity index (χ1v) is 4.01. The zero-order chi connectivity index (χ0) is 9.97. The molecule has 1 aliphatic rings. The Kier molecular flexibility index (Phi) is 2.14. The fourth-order valence-corrected chi connectivity index (χ4v) is 1.08. The highest BCUT2D eigenvalue weighted by Gasteiger charge is 2.19. The third-order valence-electron chi connectivity index (χ3n) is 1.75. The Morgan fingerprint density at radius 3 is 2.71 bits per heavy atom. The third-order valence-corrected chi connectivity index (χ3v) is 1.75.